The van der Waals surface area contributed by atoms with Crippen molar-refractivity contribution < 1.29 is 9.47 Å². The van der Waals surface area contributed by atoms with E-state index in [0.29, 0.717) is 12.0 Å². The molecule has 0 amide bonds. The van der Waals surface area contributed by atoms with Crippen LogP contribution in [0.25, 0.3) is 0 Å². The summed E-state index contributed by atoms with van der Waals surface area (Å²) in [6.45, 7) is 7.91. The Morgan fingerprint density at radius 2 is 2.07 bits per heavy atom. The van der Waals surface area contributed by atoms with Crippen LogP contribution in [0.2, 0.25) is 0 Å². The molecule has 0 aromatic carbocycles. The van der Waals surface area contributed by atoms with E-state index in [4.69, 9.17) is 9.47 Å². The standard InChI is InChI=1S/C11H24N2O2/c1-10-11(3-7-15-10)9-13-5-4-12-6-8-14-2/h10-13H,3-9H2,1-2H3. The van der Waals surface area contributed by atoms with Crippen LogP contribution in [0.4, 0.5) is 0 Å². The van der Waals surface area contributed by atoms with Gasteiger partial charge in [-0.25, -0.2) is 0 Å². The summed E-state index contributed by atoms with van der Waals surface area (Å²) in [7, 11) is 1.72. The van der Waals surface area contributed by atoms with E-state index in [2.05, 4.69) is 17.6 Å². The minimum Gasteiger partial charge on any atom is -0.383 e. The van der Waals surface area contributed by atoms with Crippen molar-refractivity contribution in [3.05, 3.63) is 0 Å². The van der Waals surface area contributed by atoms with Crippen LogP contribution in [0.1, 0.15) is 13.3 Å². The Balaban J connectivity index is 1.84. The van der Waals surface area contributed by atoms with Crippen molar-refractivity contribution in [1.82, 2.24) is 10.6 Å². The van der Waals surface area contributed by atoms with E-state index >= 15 is 0 Å². The molecule has 1 rings (SSSR count). The fourth-order valence-corrected chi connectivity index (χ4v) is 1.81. The first kappa shape index (κ1) is 12.9. The zero-order valence-corrected chi connectivity index (χ0v) is 9.92. The lowest BCUT2D eigenvalue weighted by Gasteiger charge is -2.14. The Labute approximate surface area is 92.7 Å². The summed E-state index contributed by atoms with van der Waals surface area (Å²) in [6.07, 6.45) is 1.63. The molecule has 0 bridgehead atoms. The minimum atomic E-state index is 0.430. The van der Waals surface area contributed by atoms with E-state index in [1.165, 1.54) is 6.42 Å². The molecule has 1 fully saturated rings. The van der Waals surface area contributed by atoms with Crippen LogP contribution in [0, 0.1) is 5.92 Å². The van der Waals surface area contributed by atoms with Crippen molar-refractivity contribution in [2.45, 2.75) is 19.4 Å². The van der Waals surface area contributed by atoms with Gasteiger partial charge in [-0.1, -0.05) is 0 Å². The van der Waals surface area contributed by atoms with Crippen LogP contribution >= 0.6 is 0 Å². The van der Waals surface area contributed by atoms with Crippen LogP contribution in [0.15, 0.2) is 0 Å². The van der Waals surface area contributed by atoms with Gasteiger partial charge in [0.05, 0.1) is 12.7 Å². The summed E-state index contributed by atoms with van der Waals surface area (Å²) in [6, 6.07) is 0. The molecule has 0 aliphatic carbocycles. The number of rotatable bonds is 8. The highest BCUT2D eigenvalue weighted by Crippen LogP contribution is 2.18. The summed E-state index contributed by atoms with van der Waals surface area (Å²) in [4.78, 5) is 0. The van der Waals surface area contributed by atoms with E-state index < -0.39 is 0 Å². The zero-order valence-electron chi connectivity index (χ0n) is 9.92. The Morgan fingerprint density at radius 3 is 2.73 bits per heavy atom. The van der Waals surface area contributed by atoms with Crippen LogP contribution in [0.3, 0.4) is 0 Å². The fraction of sp³-hybridized carbons (Fsp3) is 1.00. The van der Waals surface area contributed by atoms with Crippen molar-refractivity contribution >= 4 is 0 Å². The molecule has 0 aromatic heterocycles. The van der Waals surface area contributed by atoms with Crippen molar-refractivity contribution in [2.75, 3.05) is 46.5 Å². The van der Waals surface area contributed by atoms with Crippen LogP contribution in [-0.2, 0) is 9.47 Å². The second kappa shape index (κ2) is 8.05. The predicted octanol–water partition coefficient (Wildman–Crippen LogP) is 0.237. The van der Waals surface area contributed by atoms with Crippen LogP contribution < -0.4 is 10.6 Å². The summed E-state index contributed by atoms with van der Waals surface area (Å²) in [5, 5.41) is 6.76. The van der Waals surface area contributed by atoms with Gasteiger partial charge < -0.3 is 20.1 Å². The molecule has 4 heteroatoms. The molecule has 2 atom stereocenters. The zero-order chi connectivity index (χ0) is 10.9. The number of ether oxygens (including phenoxy) is 2. The highest BCUT2D eigenvalue weighted by Gasteiger charge is 2.23. The first-order valence-corrected chi connectivity index (χ1v) is 5.86. The van der Waals surface area contributed by atoms with Gasteiger partial charge in [0.1, 0.15) is 0 Å². The third kappa shape index (κ3) is 5.47. The number of methoxy groups -OCH3 is 1. The molecular formula is C11H24N2O2. The third-order valence-corrected chi connectivity index (χ3v) is 2.90. The molecule has 1 aliphatic rings. The smallest absolute Gasteiger partial charge is 0.0588 e. The fourth-order valence-electron chi connectivity index (χ4n) is 1.81. The van der Waals surface area contributed by atoms with Crippen LogP contribution in [0.5, 0.6) is 0 Å². The molecular weight excluding hydrogens is 192 g/mol. The lowest BCUT2D eigenvalue weighted by molar-refractivity contribution is 0.105. The van der Waals surface area contributed by atoms with Gasteiger partial charge in [0.15, 0.2) is 0 Å². The number of hydrogen-bond donors (Lipinski definition) is 2. The topological polar surface area (TPSA) is 42.5 Å². The third-order valence-electron chi connectivity index (χ3n) is 2.90. The van der Waals surface area contributed by atoms with E-state index in [-0.39, 0.29) is 0 Å². The first-order chi connectivity index (χ1) is 7.34. The maximum atomic E-state index is 5.50. The Hall–Kier alpha value is -0.160. The number of hydrogen-bond acceptors (Lipinski definition) is 4. The van der Waals surface area contributed by atoms with Gasteiger partial charge >= 0.3 is 0 Å². The van der Waals surface area contributed by atoms with Gasteiger partial charge in [-0.15, -0.1) is 0 Å². The highest BCUT2D eigenvalue weighted by atomic mass is 16.5. The molecule has 1 saturated heterocycles. The average Bonchev–Trinajstić information content (AvgIpc) is 2.63. The largest absolute Gasteiger partial charge is 0.383 e. The van der Waals surface area contributed by atoms with Crippen molar-refractivity contribution in [3.8, 4) is 0 Å². The second-order valence-corrected chi connectivity index (χ2v) is 4.07. The van der Waals surface area contributed by atoms with E-state index in [9.17, 15) is 0 Å². The van der Waals surface area contributed by atoms with Crippen LogP contribution in [-0.4, -0.2) is 52.6 Å². The van der Waals surface area contributed by atoms with Gasteiger partial charge in [0.2, 0.25) is 0 Å². The van der Waals surface area contributed by atoms with Crippen molar-refractivity contribution in [1.29, 1.82) is 0 Å². The summed E-state index contributed by atoms with van der Waals surface area (Å²) < 4.78 is 10.4. The Kier molecular flexibility index (Phi) is 6.92. The van der Waals surface area contributed by atoms with E-state index in [1.807, 2.05) is 0 Å². The second-order valence-electron chi connectivity index (χ2n) is 4.07. The Morgan fingerprint density at radius 1 is 1.27 bits per heavy atom. The molecule has 0 spiro atoms. The van der Waals surface area contributed by atoms with Gasteiger partial charge in [-0.3, -0.25) is 0 Å². The summed E-state index contributed by atoms with van der Waals surface area (Å²) in [5.41, 5.74) is 0. The van der Waals surface area contributed by atoms with Crippen molar-refractivity contribution in [3.63, 3.8) is 0 Å². The maximum Gasteiger partial charge on any atom is 0.0588 e. The van der Waals surface area contributed by atoms with Gasteiger partial charge in [-0.05, 0) is 19.3 Å². The maximum absolute atomic E-state index is 5.50. The van der Waals surface area contributed by atoms with Crippen molar-refractivity contribution in [2.24, 2.45) is 5.92 Å². The molecule has 90 valence electrons. The molecule has 2 N–H and O–H groups in total. The molecule has 4 nitrogen and oxygen atoms in total. The molecule has 1 aliphatic heterocycles. The minimum absolute atomic E-state index is 0.430. The summed E-state index contributed by atoms with van der Waals surface area (Å²) in [5.74, 6) is 0.698. The molecule has 0 aromatic rings. The molecule has 1 heterocycles. The average molecular weight is 216 g/mol. The number of nitrogens with one attached hydrogen (secondary N) is 2. The molecule has 15 heavy (non-hydrogen) atoms. The quantitative estimate of drug-likeness (QED) is 0.570. The first-order valence-electron chi connectivity index (χ1n) is 5.86. The Bertz CT molecular complexity index is 156. The molecule has 0 radical (unpaired) electrons. The lowest BCUT2D eigenvalue weighted by atomic mass is 10.0. The molecule has 0 saturated carbocycles. The lowest BCUT2D eigenvalue weighted by Crippen LogP contribution is -2.33. The SMILES string of the molecule is COCCNCCNCC1CCOC1C. The normalized spacial score (nSPS) is 26.0. The predicted molar refractivity (Wildman–Crippen MR) is 61.1 cm³/mol. The van der Waals surface area contributed by atoms with Gasteiger partial charge in [-0.2, -0.15) is 0 Å². The van der Waals surface area contributed by atoms with E-state index in [0.717, 1.165) is 39.4 Å². The van der Waals surface area contributed by atoms with E-state index in [1.54, 1.807) is 7.11 Å². The van der Waals surface area contributed by atoms with Gasteiger partial charge in [0.25, 0.3) is 0 Å². The molecule has 2 unspecified atom stereocenters. The summed E-state index contributed by atoms with van der Waals surface area (Å²) >= 11 is 0. The highest BCUT2D eigenvalue weighted by molar-refractivity contribution is 4.74. The van der Waals surface area contributed by atoms with Gasteiger partial charge in [0, 0.05) is 39.9 Å². The monoisotopic (exact) mass is 216 g/mol.